The van der Waals surface area contributed by atoms with E-state index in [1.807, 2.05) is 12.3 Å². The average molecular weight is 478 g/mol. The van der Waals surface area contributed by atoms with Crippen LogP contribution in [0.5, 0.6) is 5.75 Å². The lowest BCUT2D eigenvalue weighted by Crippen LogP contribution is -2.42. The van der Waals surface area contributed by atoms with Crippen LogP contribution in [0.25, 0.3) is 22.0 Å². The quantitative estimate of drug-likeness (QED) is 0.266. The van der Waals surface area contributed by atoms with Crippen LogP contribution in [0.15, 0.2) is 84.8 Å². The number of anilines is 1. The Hall–Kier alpha value is -3.66. The maximum Gasteiger partial charge on any atom is 0.137 e. The van der Waals surface area contributed by atoms with Crippen LogP contribution < -0.4 is 10.1 Å². The second kappa shape index (κ2) is 10.1. The van der Waals surface area contributed by atoms with Crippen molar-refractivity contribution in [3.8, 4) is 16.9 Å². The van der Waals surface area contributed by atoms with Crippen LogP contribution in [0.2, 0.25) is 0 Å². The van der Waals surface area contributed by atoms with E-state index in [0.29, 0.717) is 5.92 Å². The highest BCUT2D eigenvalue weighted by Gasteiger charge is 2.44. The van der Waals surface area contributed by atoms with Crippen molar-refractivity contribution in [1.82, 2.24) is 9.97 Å². The molecule has 36 heavy (non-hydrogen) atoms. The molecule has 2 aromatic carbocycles. The molecular weight excluding hydrogens is 442 g/mol. The van der Waals surface area contributed by atoms with E-state index in [2.05, 4.69) is 91.7 Å². The number of pyridine rings is 2. The lowest BCUT2D eigenvalue weighted by Gasteiger charge is -2.46. The maximum atomic E-state index is 5.35. The van der Waals surface area contributed by atoms with Gasteiger partial charge in [0.1, 0.15) is 5.75 Å². The minimum absolute atomic E-state index is 0.0254. The number of aromatic nitrogens is 2. The van der Waals surface area contributed by atoms with E-state index in [4.69, 9.17) is 9.72 Å². The molecule has 1 aliphatic carbocycles. The van der Waals surface area contributed by atoms with Gasteiger partial charge in [-0.2, -0.15) is 0 Å². The second-order valence-corrected chi connectivity index (χ2v) is 10.1. The third kappa shape index (κ3) is 4.48. The molecule has 0 spiro atoms. The third-order valence-corrected chi connectivity index (χ3v) is 7.59. The fraction of sp³-hybridized carbons (Fsp3) is 0.312. The first-order valence-electron chi connectivity index (χ1n) is 13.0. The molecule has 0 radical (unpaired) electrons. The Labute approximate surface area is 214 Å². The van der Waals surface area contributed by atoms with Crippen molar-refractivity contribution in [2.75, 3.05) is 12.4 Å². The van der Waals surface area contributed by atoms with Crippen LogP contribution in [-0.4, -0.2) is 17.1 Å². The van der Waals surface area contributed by atoms with Crippen LogP contribution in [0.1, 0.15) is 51.3 Å². The number of fused-ring (bicyclic) bond motifs is 1. The fourth-order valence-corrected chi connectivity index (χ4v) is 5.29. The highest BCUT2D eigenvalue weighted by atomic mass is 16.5. The van der Waals surface area contributed by atoms with E-state index in [1.165, 1.54) is 35.2 Å². The topological polar surface area (TPSA) is 47.0 Å². The van der Waals surface area contributed by atoms with Crippen LogP contribution in [0.3, 0.4) is 0 Å². The molecule has 1 aliphatic rings. The van der Waals surface area contributed by atoms with E-state index >= 15 is 0 Å². The van der Waals surface area contributed by atoms with Crippen molar-refractivity contribution in [2.45, 2.75) is 51.9 Å². The van der Waals surface area contributed by atoms with Crippen molar-refractivity contribution in [3.05, 3.63) is 96.1 Å². The summed E-state index contributed by atoms with van der Waals surface area (Å²) in [7, 11) is 1.67. The predicted molar refractivity (Wildman–Crippen MR) is 149 cm³/mol. The SMILES string of the molecule is CCCCc1ccc2cc(NC3=CCC3(c3ccc(-c4cncc(OC)c4)cc3)C(C)C)ccc2n1. The number of rotatable bonds is 9. The number of benzene rings is 2. The predicted octanol–water partition coefficient (Wildman–Crippen LogP) is 7.94. The molecule has 1 atom stereocenters. The Morgan fingerprint density at radius 2 is 1.81 bits per heavy atom. The molecule has 5 rings (SSSR count). The van der Waals surface area contributed by atoms with Gasteiger partial charge in [0.25, 0.3) is 0 Å². The van der Waals surface area contributed by atoms with Crippen molar-refractivity contribution < 1.29 is 4.74 Å². The van der Waals surface area contributed by atoms with E-state index in [9.17, 15) is 0 Å². The van der Waals surface area contributed by atoms with Gasteiger partial charge in [-0.3, -0.25) is 9.97 Å². The maximum absolute atomic E-state index is 5.35. The Morgan fingerprint density at radius 3 is 2.50 bits per heavy atom. The summed E-state index contributed by atoms with van der Waals surface area (Å²) in [6.45, 7) is 6.85. The zero-order valence-electron chi connectivity index (χ0n) is 21.7. The molecule has 2 heterocycles. The fourth-order valence-electron chi connectivity index (χ4n) is 5.29. The van der Waals surface area contributed by atoms with Gasteiger partial charge in [-0.05, 0) is 66.6 Å². The number of nitrogens with one attached hydrogen (secondary N) is 1. The van der Waals surface area contributed by atoms with Crippen molar-refractivity contribution >= 4 is 16.6 Å². The smallest absolute Gasteiger partial charge is 0.137 e. The standard InChI is InChI=1S/C32H35N3O/c1-5-6-7-27-13-10-24-18-28(14-15-30(24)34-27)35-31-16-17-32(31,22(2)3)26-11-8-23(9-12-26)25-19-29(36-4)21-33-20-25/h8-16,18-22,35H,5-7,17H2,1-4H3. The van der Waals surface area contributed by atoms with Crippen LogP contribution in [0.4, 0.5) is 5.69 Å². The first-order valence-corrected chi connectivity index (χ1v) is 13.0. The normalized spacial score (nSPS) is 17.1. The van der Waals surface area contributed by atoms with Gasteiger partial charge in [0, 0.05) is 39.6 Å². The van der Waals surface area contributed by atoms with E-state index in [1.54, 1.807) is 13.3 Å². The zero-order valence-corrected chi connectivity index (χ0v) is 21.7. The molecule has 184 valence electrons. The summed E-state index contributed by atoms with van der Waals surface area (Å²) in [5, 5.41) is 4.93. The zero-order chi connectivity index (χ0) is 25.1. The Morgan fingerprint density at radius 1 is 0.972 bits per heavy atom. The molecule has 0 saturated heterocycles. The molecule has 4 nitrogen and oxygen atoms in total. The summed E-state index contributed by atoms with van der Waals surface area (Å²) in [5.74, 6) is 1.23. The number of unbranched alkanes of at least 4 members (excludes halogenated alkanes) is 1. The first kappa shape index (κ1) is 24.1. The van der Waals surface area contributed by atoms with Gasteiger partial charge in [0.2, 0.25) is 0 Å². The number of nitrogens with zero attached hydrogens (tertiary/aromatic N) is 2. The summed E-state index contributed by atoms with van der Waals surface area (Å²) in [6, 6.07) is 21.8. The van der Waals surface area contributed by atoms with E-state index in [-0.39, 0.29) is 5.41 Å². The molecule has 1 N–H and O–H groups in total. The van der Waals surface area contributed by atoms with Gasteiger partial charge in [-0.1, -0.05) is 63.6 Å². The monoisotopic (exact) mass is 477 g/mol. The number of methoxy groups -OCH3 is 1. The van der Waals surface area contributed by atoms with E-state index in [0.717, 1.165) is 40.9 Å². The van der Waals surface area contributed by atoms with Gasteiger partial charge >= 0.3 is 0 Å². The number of aryl methyl sites for hydroxylation is 1. The summed E-state index contributed by atoms with van der Waals surface area (Å²) >= 11 is 0. The van der Waals surface area contributed by atoms with Gasteiger partial charge in [-0.15, -0.1) is 0 Å². The Balaban J connectivity index is 1.38. The van der Waals surface area contributed by atoms with E-state index < -0.39 is 0 Å². The summed E-state index contributed by atoms with van der Waals surface area (Å²) < 4.78 is 5.35. The molecule has 1 unspecified atom stereocenters. The van der Waals surface area contributed by atoms with Gasteiger partial charge in [-0.25, -0.2) is 0 Å². The van der Waals surface area contributed by atoms with Gasteiger partial charge < -0.3 is 10.1 Å². The van der Waals surface area contributed by atoms with Gasteiger partial charge in [0.15, 0.2) is 0 Å². The minimum atomic E-state index is -0.0254. The molecule has 0 aliphatic heterocycles. The third-order valence-electron chi connectivity index (χ3n) is 7.59. The van der Waals surface area contributed by atoms with Crippen LogP contribution in [0, 0.1) is 5.92 Å². The van der Waals surface area contributed by atoms with Crippen LogP contribution in [-0.2, 0) is 11.8 Å². The summed E-state index contributed by atoms with van der Waals surface area (Å²) in [4.78, 5) is 9.17. The lowest BCUT2D eigenvalue weighted by atomic mass is 9.61. The van der Waals surface area contributed by atoms with Crippen LogP contribution >= 0.6 is 0 Å². The Kier molecular flexibility index (Phi) is 6.77. The van der Waals surface area contributed by atoms with Crippen molar-refractivity contribution in [3.63, 3.8) is 0 Å². The number of allylic oxidation sites excluding steroid dienone is 2. The molecule has 0 amide bonds. The molecule has 2 aromatic heterocycles. The molecule has 4 heteroatoms. The highest BCUT2D eigenvalue weighted by molar-refractivity contribution is 5.83. The number of ether oxygens (including phenoxy) is 1. The van der Waals surface area contributed by atoms with Gasteiger partial charge in [0.05, 0.1) is 18.8 Å². The average Bonchev–Trinajstić information content (AvgIpc) is 2.90. The molecule has 0 bridgehead atoms. The Bertz CT molecular complexity index is 1390. The number of hydrogen-bond acceptors (Lipinski definition) is 4. The van der Waals surface area contributed by atoms with Crippen molar-refractivity contribution in [1.29, 1.82) is 0 Å². The molecular formula is C32H35N3O. The summed E-state index contributed by atoms with van der Waals surface area (Å²) in [5.41, 5.74) is 8.15. The largest absolute Gasteiger partial charge is 0.495 e. The molecule has 0 saturated carbocycles. The molecule has 4 aromatic rings. The second-order valence-electron chi connectivity index (χ2n) is 10.1. The highest BCUT2D eigenvalue weighted by Crippen LogP contribution is 2.49. The van der Waals surface area contributed by atoms with Crippen molar-refractivity contribution in [2.24, 2.45) is 5.92 Å². The first-order chi connectivity index (χ1) is 17.5. The number of hydrogen-bond donors (Lipinski definition) is 1. The summed E-state index contributed by atoms with van der Waals surface area (Å²) in [6.07, 6.45) is 10.4. The lowest BCUT2D eigenvalue weighted by molar-refractivity contribution is 0.333. The minimum Gasteiger partial charge on any atom is -0.495 e. The molecule has 0 fully saturated rings.